The van der Waals surface area contributed by atoms with E-state index in [1.807, 2.05) is 6.07 Å². The van der Waals surface area contributed by atoms with Crippen LogP contribution in [0.25, 0.3) is 0 Å². The van der Waals surface area contributed by atoms with Gasteiger partial charge in [-0.15, -0.1) is 11.8 Å². The first-order chi connectivity index (χ1) is 6.72. The minimum Gasteiger partial charge on any atom is -0.298 e. The van der Waals surface area contributed by atoms with Crippen LogP contribution in [0.15, 0.2) is 23.4 Å². The van der Waals surface area contributed by atoms with Gasteiger partial charge in [0.1, 0.15) is 0 Å². The molecule has 14 heavy (non-hydrogen) atoms. The van der Waals surface area contributed by atoms with Crippen LogP contribution in [0.5, 0.6) is 0 Å². The quantitative estimate of drug-likeness (QED) is 0.551. The second-order valence-electron chi connectivity index (χ2n) is 3.58. The van der Waals surface area contributed by atoms with Crippen LogP contribution in [0.4, 0.5) is 0 Å². The fraction of sp³-hybridized carbons (Fsp3) is 0.455. The average Bonchev–Trinajstić information content (AvgIpc) is 2.18. The highest BCUT2D eigenvalue weighted by Crippen LogP contribution is 2.17. The lowest BCUT2D eigenvalue weighted by Crippen LogP contribution is -1.90. The van der Waals surface area contributed by atoms with E-state index in [4.69, 9.17) is 0 Å². The molecule has 0 fully saturated rings. The molecule has 0 aliphatic heterocycles. The van der Waals surface area contributed by atoms with Gasteiger partial charge in [0.2, 0.25) is 0 Å². The normalized spacial score (nSPS) is 10.5. The summed E-state index contributed by atoms with van der Waals surface area (Å²) in [5, 5.41) is 0.997. The molecule has 2 nitrogen and oxygen atoms in total. The van der Waals surface area contributed by atoms with Crippen LogP contribution >= 0.6 is 11.8 Å². The van der Waals surface area contributed by atoms with Crippen molar-refractivity contribution in [2.75, 3.05) is 5.75 Å². The molecular formula is C11H15NOS. The molecule has 76 valence electrons. The van der Waals surface area contributed by atoms with Gasteiger partial charge < -0.3 is 0 Å². The molecule has 1 aromatic heterocycles. The Morgan fingerprint density at radius 1 is 1.50 bits per heavy atom. The van der Waals surface area contributed by atoms with Crippen molar-refractivity contribution in [3.8, 4) is 0 Å². The molecule has 0 radical (unpaired) electrons. The van der Waals surface area contributed by atoms with E-state index < -0.39 is 0 Å². The van der Waals surface area contributed by atoms with E-state index in [1.54, 1.807) is 24.0 Å². The molecule has 0 amide bonds. The first-order valence-corrected chi connectivity index (χ1v) is 5.75. The molecule has 1 rings (SSSR count). The highest BCUT2D eigenvalue weighted by atomic mass is 32.2. The first kappa shape index (κ1) is 11.2. The third kappa shape index (κ3) is 3.92. The van der Waals surface area contributed by atoms with Crippen molar-refractivity contribution in [1.82, 2.24) is 4.98 Å². The van der Waals surface area contributed by atoms with Crippen LogP contribution in [0.3, 0.4) is 0 Å². The van der Waals surface area contributed by atoms with Gasteiger partial charge in [-0.3, -0.25) is 4.79 Å². The number of carbonyl (C=O) groups is 1. The first-order valence-electron chi connectivity index (χ1n) is 4.76. The van der Waals surface area contributed by atoms with Crippen LogP contribution in [0.2, 0.25) is 0 Å². The molecule has 0 saturated heterocycles. The summed E-state index contributed by atoms with van der Waals surface area (Å²) in [5.74, 6) is 1.82. The molecule has 0 aliphatic rings. The van der Waals surface area contributed by atoms with E-state index in [1.165, 1.54) is 6.42 Å². The highest BCUT2D eigenvalue weighted by Gasteiger charge is 1.98. The monoisotopic (exact) mass is 209 g/mol. The van der Waals surface area contributed by atoms with Crippen molar-refractivity contribution < 1.29 is 4.79 Å². The number of aromatic nitrogens is 1. The number of carbonyl (C=O) groups excluding carboxylic acids is 1. The van der Waals surface area contributed by atoms with E-state index in [0.717, 1.165) is 23.0 Å². The van der Waals surface area contributed by atoms with Gasteiger partial charge in [-0.2, -0.15) is 0 Å². The predicted octanol–water partition coefficient (Wildman–Crippen LogP) is 3.03. The van der Waals surface area contributed by atoms with Gasteiger partial charge in [0.05, 0.1) is 5.03 Å². The molecule has 1 aromatic rings. The van der Waals surface area contributed by atoms with Gasteiger partial charge in [-0.05, 0) is 30.2 Å². The maximum atomic E-state index is 10.4. The van der Waals surface area contributed by atoms with Crippen LogP contribution in [-0.4, -0.2) is 17.0 Å². The molecule has 0 spiro atoms. The lowest BCUT2D eigenvalue weighted by molar-refractivity contribution is 0.112. The second-order valence-corrected chi connectivity index (χ2v) is 4.69. The fourth-order valence-electron chi connectivity index (χ4n) is 0.946. The summed E-state index contributed by atoms with van der Waals surface area (Å²) >= 11 is 1.74. The Balaban J connectivity index is 2.40. The predicted molar refractivity (Wildman–Crippen MR) is 59.8 cm³/mol. The van der Waals surface area contributed by atoms with E-state index in [0.29, 0.717) is 5.56 Å². The number of hydrogen-bond acceptors (Lipinski definition) is 3. The zero-order valence-corrected chi connectivity index (χ0v) is 9.38. The minimum absolute atomic E-state index is 0.637. The molecule has 0 saturated carbocycles. The molecule has 0 unspecified atom stereocenters. The van der Waals surface area contributed by atoms with Crippen LogP contribution in [0, 0.1) is 5.92 Å². The summed E-state index contributed by atoms with van der Waals surface area (Å²) in [5.41, 5.74) is 0.637. The zero-order valence-electron chi connectivity index (χ0n) is 8.56. The van der Waals surface area contributed by atoms with Crippen molar-refractivity contribution in [3.63, 3.8) is 0 Å². The number of aldehydes is 1. The molecule has 0 aliphatic carbocycles. The zero-order chi connectivity index (χ0) is 10.4. The topological polar surface area (TPSA) is 30.0 Å². The van der Waals surface area contributed by atoms with E-state index in [9.17, 15) is 4.79 Å². The van der Waals surface area contributed by atoms with Crippen LogP contribution in [0.1, 0.15) is 30.6 Å². The Labute approximate surface area is 89.1 Å². The Hall–Kier alpha value is -0.830. The van der Waals surface area contributed by atoms with Crippen molar-refractivity contribution >= 4 is 18.0 Å². The van der Waals surface area contributed by atoms with Gasteiger partial charge >= 0.3 is 0 Å². The average molecular weight is 209 g/mol. The van der Waals surface area contributed by atoms with Gasteiger partial charge in [-0.1, -0.05) is 13.8 Å². The van der Waals surface area contributed by atoms with Gasteiger partial charge in [0.15, 0.2) is 6.29 Å². The van der Waals surface area contributed by atoms with Crippen molar-refractivity contribution in [2.24, 2.45) is 5.92 Å². The Bertz CT molecular complexity index is 282. The van der Waals surface area contributed by atoms with E-state index in [-0.39, 0.29) is 0 Å². The highest BCUT2D eigenvalue weighted by molar-refractivity contribution is 7.99. The molecule has 3 heteroatoms. The van der Waals surface area contributed by atoms with Crippen molar-refractivity contribution in [3.05, 3.63) is 23.9 Å². The van der Waals surface area contributed by atoms with Crippen LogP contribution < -0.4 is 0 Å². The van der Waals surface area contributed by atoms with E-state index >= 15 is 0 Å². The summed E-state index contributed by atoms with van der Waals surface area (Å²) < 4.78 is 0. The Kier molecular flexibility index (Phi) is 4.66. The lowest BCUT2D eigenvalue weighted by atomic mass is 10.2. The lowest BCUT2D eigenvalue weighted by Gasteiger charge is -2.03. The number of rotatable bonds is 5. The third-order valence-corrected chi connectivity index (χ3v) is 2.82. The Morgan fingerprint density at radius 3 is 2.79 bits per heavy atom. The van der Waals surface area contributed by atoms with Crippen molar-refractivity contribution in [2.45, 2.75) is 25.3 Å². The van der Waals surface area contributed by atoms with E-state index in [2.05, 4.69) is 18.8 Å². The molecule has 0 atom stereocenters. The maximum Gasteiger partial charge on any atom is 0.151 e. The summed E-state index contributed by atoms with van der Waals surface area (Å²) in [7, 11) is 0. The minimum atomic E-state index is 0.637. The standard InChI is InChI=1S/C11H15NOS/c1-9(2)5-6-14-11-4-3-10(8-13)7-12-11/h3-4,7-9H,5-6H2,1-2H3. The maximum absolute atomic E-state index is 10.4. The number of pyridine rings is 1. The number of hydrogen-bond donors (Lipinski definition) is 0. The second kappa shape index (κ2) is 5.81. The molecule has 0 N–H and O–H groups in total. The van der Waals surface area contributed by atoms with Gasteiger partial charge in [0.25, 0.3) is 0 Å². The third-order valence-electron chi connectivity index (χ3n) is 1.84. The molecule has 1 heterocycles. The summed E-state index contributed by atoms with van der Waals surface area (Å²) in [6, 6.07) is 3.70. The van der Waals surface area contributed by atoms with Crippen molar-refractivity contribution in [1.29, 1.82) is 0 Å². The largest absolute Gasteiger partial charge is 0.298 e. The molecule has 0 aromatic carbocycles. The van der Waals surface area contributed by atoms with Gasteiger partial charge in [0, 0.05) is 11.8 Å². The summed E-state index contributed by atoms with van der Waals surface area (Å²) in [6.07, 6.45) is 3.63. The fourth-order valence-corrected chi connectivity index (χ4v) is 2.04. The molecule has 0 bridgehead atoms. The number of thioether (sulfide) groups is 1. The summed E-state index contributed by atoms with van der Waals surface area (Å²) in [4.78, 5) is 14.6. The van der Waals surface area contributed by atoms with Crippen LogP contribution in [-0.2, 0) is 0 Å². The smallest absolute Gasteiger partial charge is 0.151 e. The number of nitrogens with zero attached hydrogens (tertiary/aromatic N) is 1. The van der Waals surface area contributed by atoms with Gasteiger partial charge in [-0.25, -0.2) is 4.98 Å². The molecular weight excluding hydrogens is 194 g/mol. The Morgan fingerprint density at radius 2 is 2.29 bits per heavy atom. The SMILES string of the molecule is CC(C)CCSc1ccc(C=O)cn1. The summed E-state index contributed by atoms with van der Waals surface area (Å²) in [6.45, 7) is 4.42.